The molecule has 1 aliphatic rings. The Balaban J connectivity index is 2.46. The molecule has 0 spiro atoms. The molecule has 0 fully saturated rings. The molecule has 1 atom stereocenters. The first-order valence-corrected chi connectivity index (χ1v) is 5.55. The predicted molar refractivity (Wildman–Crippen MR) is 63.6 cm³/mol. The molecule has 1 heterocycles. The maximum Gasteiger partial charge on any atom is 0.268 e. The summed E-state index contributed by atoms with van der Waals surface area (Å²) in [6.45, 7) is 4.54. The fourth-order valence-corrected chi connectivity index (χ4v) is 1.93. The number of carbonyl (C=O) groups excluding carboxylic acids is 1. The van der Waals surface area contributed by atoms with E-state index in [9.17, 15) is 4.79 Å². The summed E-state index contributed by atoms with van der Waals surface area (Å²) in [5.41, 5.74) is 7.17. The van der Waals surface area contributed by atoms with Crippen LogP contribution in [0.5, 0.6) is 5.75 Å². The number of fused-ring (bicyclic) bond motifs is 1. The molecule has 4 heteroatoms. The highest BCUT2D eigenvalue weighted by Crippen LogP contribution is 2.35. The monoisotopic (exact) mass is 220 g/mol. The minimum Gasteiger partial charge on any atom is -0.478 e. The maximum absolute atomic E-state index is 12.0. The average Bonchev–Trinajstić information content (AvgIpc) is 2.28. The van der Waals surface area contributed by atoms with E-state index in [2.05, 4.69) is 0 Å². The van der Waals surface area contributed by atoms with Gasteiger partial charge in [0, 0.05) is 18.3 Å². The van der Waals surface area contributed by atoms with Crippen LogP contribution < -0.4 is 15.4 Å². The molecule has 1 aromatic rings. The van der Waals surface area contributed by atoms with Crippen LogP contribution in [-0.2, 0) is 4.79 Å². The Hall–Kier alpha value is -1.71. The SMILES string of the molecule is CCC1Oc2cc(N)ccc2N(CC)C1=O. The van der Waals surface area contributed by atoms with Crippen molar-refractivity contribution in [1.82, 2.24) is 0 Å². The van der Waals surface area contributed by atoms with Crippen molar-refractivity contribution in [2.75, 3.05) is 17.2 Å². The number of nitrogens with two attached hydrogens (primary N) is 1. The third-order valence-corrected chi connectivity index (χ3v) is 2.77. The lowest BCUT2D eigenvalue weighted by atomic mass is 10.1. The van der Waals surface area contributed by atoms with Gasteiger partial charge >= 0.3 is 0 Å². The summed E-state index contributed by atoms with van der Waals surface area (Å²) in [4.78, 5) is 13.7. The molecule has 1 unspecified atom stereocenters. The van der Waals surface area contributed by atoms with Crippen LogP contribution in [0.15, 0.2) is 18.2 Å². The highest BCUT2D eigenvalue weighted by Gasteiger charge is 2.32. The molecule has 0 radical (unpaired) electrons. The number of hydrogen-bond acceptors (Lipinski definition) is 3. The number of nitrogen functional groups attached to an aromatic ring is 1. The van der Waals surface area contributed by atoms with E-state index in [4.69, 9.17) is 10.5 Å². The topological polar surface area (TPSA) is 55.6 Å². The van der Waals surface area contributed by atoms with Crippen LogP contribution in [0.2, 0.25) is 0 Å². The van der Waals surface area contributed by atoms with Gasteiger partial charge in [-0.15, -0.1) is 0 Å². The van der Waals surface area contributed by atoms with Gasteiger partial charge < -0.3 is 15.4 Å². The van der Waals surface area contributed by atoms with Crippen molar-refractivity contribution in [2.24, 2.45) is 0 Å². The Labute approximate surface area is 95.0 Å². The third kappa shape index (κ3) is 1.60. The van der Waals surface area contributed by atoms with Gasteiger partial charge in [-0.05, 0) is 25.5 Å². The van der Waals surface area contributed by atoms with Gasteiger partial charge in [-0.3, -0.25) is 4.79 Å². The molecule has 1 aromatic carbocycles. The van der Waals surface area contributed by atoms with E-state index in [1.54, 1.807) is 17.0 Å². The van der Waals surface area contributed by atoms with Gasteiger partial charge in [-0.25, -0.2) is 0 Å². The molecule has 0 saturated carbocycles. The average molecular weight is 220 g/mol. The van der Waals surface area contributed by atoms with E-state index in [0.29, 0.717) is 24.4 Å². The van der Waals surface area contributed by atoms with Gasteiger partial charge in [0.15, 0.2) is 6.10 Å². The van der Waals surface area contributed by atoms with Crippen LogP contribution in [0.3, 0.4) is 0 Å². The lowest BCUT2D eigenvalue weighted by Crippen LogP contribution is -2.45. The standard InChI is InChI=1S/C12H16N2O2/c1-3-10-12(15)14(4-2)9-6-5-8(13)7-11(9)16-10/h5-7,10H,3-4,13H2,1-2H3. The molecule has 86 valence electrons. The Morgan fingerprint density at radius 2 is 2.19 bits per heavy atom. The maximum atomic E-state index is 12.0. The largest absolute Gasteiger partial charge is 0.478 e. The van der Waals surface area contributed by atoms with Crippen LogP contribution in [0, 0.1) is 0 Å². The summed E-state index contributed by atoms with van der Waals surface area (Å²) in [6, 6.07) is 5.38. The van der Waals surface area contributed by atoms with Gasteiger partial charge in [0.2, 0.25) is 0 Å². The number of carbonyl (C=O) groups is 1. The number of rotatable bonds is 2. The molecular weight excluding hydrogens is 204 g/mol. The Kier molecular flexibility index (Phi) is 2.73. The van der Waals surface area contributed by atoms with Crippen LogP contribution >= 0.6 is 0 Å². The smallest absolute Gasteiger partial charge is 0.268 e. The summed E-state index contributed by atoms with van der Waals surface area (Å²) in [7, 11) is 0. The molecule has 16 heavy (non-hydrogen) atoms. The molecule has 0 aromatic heterocycles. The normalized spacial score (nSPS) is 19.2. The molecule has 0 saturated heterocycles. The number of amides is 1. The van der Waals surface area contributed by atoms with E-state index in [0.717, 1.165) is 5.69 Å². The van der Waals surface area contributed by atoms with Gasteiger partial charge in [0.05, 0.1) is 5.69 Å². The third-order valence-electron chi connectivity index (χ3n) is 2.77. The minimum atomic E-state index is -0.380. The second-order valence-electron chi connectivity index (χ2n) is 3.82. The molecule has 2 rings (SSSR count). The van der Waals surface area contributed by atoms with Gasteiger partial charge in [0.25, 0.3) is 5.91 Å². The number of anilines is 2. The van der Waals surface area contributed by atoms with Crippen LogP contribution in [-0.4, -0.2) is 18.6 Å². The van der Waals surface area contributed by atoms with E-state index < -0.39 is 0 Å². The highest BCUT2D eigenvalue weighted by atomic mass is 16.5. The van der Waals surface area contributed by atoms with Crippen LogP contribution in [0.25, 0.3) is 0 Å². The van der Waals surface area contributed by atoms with Gasteiger partial charge in [-0.2, -0.15) is 0 Å². The van der Waals surface area contributed by atoms with E-state index in [1.165, 1.54) is 0 Å². The van der Waals surface area contributed by atoms with Crippen LogP contribution in [0.4, 0.5) is 11.4 Å². The van der Waals surface area contributed by atoms with Gasteiger partial charge in [-0.1, -0.05) is 6.92 Å². The molecule has 1 amide bonds. The van der Waals surface area contributed by atoms with Crippen molar-refractivity contribution in [3.63, 3.8) is 0 Å². The second-order valence-corrected chi connectivity index (χ2v) is 3.82. The summed E-state index contributed by atoms with van der Waals surface area (Å²) >= 11 is 0. The fourth-order valence-electron chi connectivity index (χ4n) is 1.93. The fraction of sp³-hybridized carbons (Fsp3) is 0.417. The first-order chi connectivity index (χ1) is 7.67. The summed E-state index contributed by atoms with van der Waals surface area (Å²) in [6.07, 6.45) is 0.290. The molecule has 0 aliphatic carbocycles. The Morgan fingerprint density at radius 3 is 2.81 bits per heavy atom. The van der Waals surface area contributed by atoms with Crippen molar-refractivity contribution < 1.29 is 9.53 Å². The van der Waals surface area contributed by atoms with Crippen molar-refractivity contribution >= 4 is 17.3 Å². The zero-order valence-corrected chi connectivity index (χ0v) is 9.56. The van der Waals surface area contributed by atoms with Crippen molar-refractivity contribution in [2.45, 2.75) is 26.4 Å². The summed E-state index contributed by atoms with van der Waals surface area (Å²) < 4.78 is 5.64. The molecule has 1 aliphatic heterocycles. The molecule has 2 N–H and O–H groups in total. The van der Waals surface area contributed by atoms with Crippen LogP contribution in [0.1, 0.15) is 20.3 Å². The Bertz CT molecular complexity index is 417. The van der Waals surface area contributed by atoms with Crippen molar-refractivity contribution in [3.8, 4) is 5.75 Å². The minimum absolute atomic E-state index is 0.0299. The lowest BCUT2D eigenvalue weighted by molar-refractivity contribution is -0.126. The number of hydrogen-bond donors (Lipinski definition) is 1. The first kappa shape index (κ1) is 10.8. The Morgan fingerprint density at radius 1 is 1.44 bits per heavy atom. The van der Waals surface area contributed by atoms with E-state index in [1.807, 2.05) is 19.9 Å². The van der Waals surface area contributed by atoms with E-state index >= 15 is 0 Å². The number of nitrogens with zero attached hydrogens (tertiary/aromatic N) is 1. The zero-order chi connectivity index (χ0) is 11.7. The number of benzene rings is 1. The summed E-state index contributed by atoms with van der Waals surface area (Å²) in [5.74, 6) is 0.732. The summed E-state index contributed by atoms with van der Waals surface area (Å²) in [5, 5.41) is 0. The lowest BCUT2D eigenvalue weighted by Gasteiger charge is -2.33. The predicted octanol–water partition coefficient (Wildman–Crippen LogP) is 1.79. The molecule has 4 nitrogen and oxygen atoms in total. The second kappa shape index (κ2) is 4.04. The van der Waals surface area contributed by atoms with Crippen molar-refractivity contribution in [1.29, 1.82) is 0 Å². The van der Waals surface area contributed by atoms with Crippen molar-refractivity contribution in [3.05, 3.63) is 18.2 Å². The molecular formula is C12H16N2O2. The first-order valence-electron chi connectivity index (χ1n) is 5.55. The number of ether oxygens (including phenoxy) is 1. The van der Waals surface area contributed by atoms with E-state index in [-0.39, 0.29) is 12.0 Å². The number of likely N-dealkylation sites (N-methyl/N-ethyl adjacent to an activating group) is 1. The highest BCUT2D eigenvalue weighted by molar-refractivity contribution is 6.00. The quantitative estimate of drug-likeness (QED) is 0.773. The molecule has 0 bridgehead atoms. The van der Waals surface area contributed by atoms with Gasteiger partial charge in [0.1, 0.15) is 5.75 Å². The zero-order valence-electron chi connectivity index (χ0n) is 9.56.